The molecule has 0 aliphatic carbocycles. The molecule has 1 heteroatoms. The molecule has 0 aromatic heterocycles. The molecule has 0 amide bonds. The van der Waals surface area contributed by atoms with Gasteiger partial charge in [-0.1, -0.05) is 54.1 Å². The van der Waals surface area contributed by atoms with Gasteiger partial charge in [0.2, 0.25) is 0 Å². The topological polar surface area (TPSA) is 0 Å². The first-order valence-corrected chi connectivity index (χ1v) is 7.82. The summed E-state index contributed by atoms with van der Waals surface area (Å²) < 4.78 is 1.28. The summed E-state index contributed by atoms with van der Waals surface area (Å²) in [6, 6.07) is 22.2. The molecule has 0 bridgehead atoms. The largest absolute Gasteiger partial charge is 0.0616 e. The lowest BCUT2D eigenvalue weighted by molar-refractivity contribution is 1.51. The summed E-state index contributed by atoms with van der Waals surface area (Å²) in [5.41, 5.74) is 1.31. The lowest BCUT2D eigenvalue weighted by Crippen LogP contribution is -1.84. The molecule has 0 aliphatic rings. The minimum absolute atomic E-state index is 1.28. The van der Waals surface area contributed by atoms with E-state index in [0.29, 0.717) is 0 Å². The molecule has 0 atom stereocenters. The van der Waals surface area contributed by atoms with Crippen molar-refractivity contribution in [2.75, 3.05) is 0 Å². The van der Waals surface area contributed by atoms with E-state index in [4.69, 9.17) is 0 Å². The first-order valence-electron chi connectivity index (χ1n) is 6.74. The molecule has 4 aromatic rings. The second-order valence-corrected chi connectivity index (χ2v) is 6.53. The first-order chi connectivity index (χ1) is 9.74. The van der Waals surface area contributed by atoms with Crippen molar-refractivity contribution in [2.45, 2.75) is 6.92 Å². The van der Waals surface area contributed by atoms with E-state index >= 15 is 0 Å². The van der Waals surface area contributed by atoms with Crippen LogP contribution < -0.4 is 0 Å². The third-order valence-corrected chi connectivity index (χ3v) is 4.63. The number of aryl methyl sites for hydroxylation is 1. The Morgan fingerprint density at radius 2 is 1.15 bits per heavy atom. The molecule has 20 heavy (non-hydrogen) atoms. The highest BCUT2D eigenvalue weighted by atomic mass is 127. The monoisotopic (exact) mass is 368 g/mol. The molecule has 4 rings (SSSR count). The average molecular weight is 368 g/mol. The van der Waals surface area contributed by atoms with Gasteiger partial charge in [0, 0.05) is 3.57 Å². The molecule has 0 radical (unpaired) electrons. The molecule has 0 saturated carbocycles. The van der Waals surface area contributed by atoms with Crippen LogP contribution in [0.3, 0.4) is 0 Å². The van der Waals surface area contributed by atoms with Crippen LogP contribution in [0.1, 0.15) is 5.56 Å². The summed E-state index contributed by atoms with van der Waals surface area (Å²) in [6.07, 6.45) is 0. The van der Waals surface area contributed by atoms with E-state index in [2.05, 4.69) is 90.2 Å². The Morgan fingerprint density at radius 1 is 0.600 bits per heavy atom. The molecule has 0 fully saturated rings. The highest BCUT2D eigenvalue weighted by Crippen LogP contribution is 2.35. The van der Waals surface area contributed by atoms with Crippen molar-refractivity contribution in [3.63, 3.8) is 0 Å². The zero-order valence-corrected chi connectivity index (χ0v) is 13.3. The van der Waals surface area contributed by atoms with Crippen LogP contribution in [-0.4, -0.2) is 0 Å². The van der Waals surface area contributed by atoms with Crippen molar-refractivity contribution < 1.29 is 0 Å². The van der Waals surface area contributed by atoms with E-state index in [1.165, 1.54) is 41.5 Å². The second-order valence-electron chi connectivity index (χ2n) is 5.28. The molecule has 0 heterocycles. The fraction of sp³-hybridized carbons (Fsp3) is 0.0526. The van der Waals surface area contributed by atoms with E-state index in [1.807, 2.05) is 0 Å². The third kappa shape index (κ3) is 1.73. The Balaban J connectivity index is 2.40. The van der Waals surface area contributed by atoms with Crippen LogP contribution in [0.25, 0.3) is 32.3 Å². The van der Waals surface area contributed by atoms with Crippen molar-refractivity contribution in [2.24, 2.45) is 0 Å². The Hall–Kier alpha value is -1.61. The molecule has 96 valence electrons. The van der Waals surface area contributed by atoms with E-state index in [9.17, 15) is 0 Å². The lowest BCUT2D eigenvalue weighted by atomic mass is 9.93. The maximum Gasteiger partial charge on any atom is 0.0136 e. The van der Waals surface area contributed by atoms with Crippen LogP contribution in [0, 0.1) is 10.5 Å². The maximum absolute atomic E-state index is 2.39. The number of halogens is 1. The van der Waals surface area contributed by atoms with Crippen LogP contribution in [0.15, 0.2) is 60.7 Å². The normalized spacial score (nSPS) is 11.5. The van der Waals surface area contributed by atoms with Crippen LogP contribution in [0.2, 0.25) is 0 Å². The van der Waals surface area contributed by atoms with Crippen LogP contribution in [-0.2, 0) is 0 Å². The average Bonchev–Trinajstić information content (AvgIpc) is 2.47. The summed E-state index contributed by atoms with van der Waals surface area (Å²) in [6.45, 7) is 2.16. The van der Waals surface area contributed by atoms with Gasteiger partial charge in [-0.15, -0.1) is 0 Å². The van der Waals surface area contributed by atoms with E-state index in [1.54, 1.807) is 0 Å². The van der Waals surface area contributed by atoms with Gasteiger partial charge in [0.25, 0.3) is 0 Å². The molecular formula is C19H13I. The van der Waals surface area contributed by atoms with Crippen LogP contribution in [0.5, 0.6) is 0 Å². The van der Waals surface area contributed by atoms with E-state index in [0.717, 1.165) is 0 Å². The van der Waals surface area contributed by atoms with Crippen molar-refractivity contribution in [3.05, 3.63) is 69.8 Å². The van der Waals surface area contributed by atoms with Gasteiger partial charge >= 0.3 is 0 Å². The molecule has 4 aromatic carbocycles. The Bertz CT molecular complexity index is 929. The zero-order chi connectivity index (χ0) is 13.7. The molecule has 0 saturated heterocycles. The maximum atomic E-state index is 2.39. The SMILES string of the molecule is Cc1ccc2c(c1)c1ccccc1c1ccc(I)cc12. The highest BCUT2D eigenvalue weighted by molar-refractivity contribution is 14.1. The zero-order valence-electron chi connectivity index (χ0n) is 11.2. The Kier molecular flexibility index (Phi) is 2.71. The van der Waals surface area contributed by atoms with Gasteiger partial charge in [-0.2, -0.15) is 0 Å². The third-order valence-electron chi connectivity index (χ3n) is 3.95. The van der Waals surface area contributed by atoms with E-state index < -0.39 is 0 Å². The molecule has 0 nitrogen and oxygen atoms in total. The van der Waals surface area contributed by atoms with Gasteiger partial charge in [-0.05, 0) is 74.0 Å². The predicted molar refractivity (Wildman–Crippen MR) is 96.4 cm³/mol. The molecule has 0 spiro atoms. The molecule has 0 aliphatic heterocycles. The van der Waals surface area contributed by atoms with Crippen molar-refractivity contribution in [3.8, 4) is 0 Å². The summed E-state index contributed by atoms with van der Waals surface area (Å²) in [4.78, 5) is 0. The first kappa shape index (κ1) is 12.2. The summed E-state index contributed by atoms with van der Waals surface area (Å²) in [5.74, 6) is 0. The van der Waals surface area contributed by atoms with E-state index in [-0.39, 0.29) is 0 Å². The fourth-order valence-corrected chi connectivity index (χ4v) is 3.53. The number of rotatable bonds is 0. The number of hydrogen-bond donors (Lipinski definition) is 0. The quantitative estimate of drug-likeness (QED) is 0.261. The Labute approximate surface area is 131 Å². The summed E-state index contributed by atoms with van der Waals surface area (Å²) in [5, 5.41) is 8.10. The van der Waals surface area contributed by atoms with Crippen LogP contribution >= 0.6 is 22.6 Å². The summed E-state index contributed by atoms with van der Waals surface area (Å²) >= 11 is 2.39. The van der Waals surface area contributed by atoms with Gasteiger partial charge in [-0.25, -0.2) is 0 Å². The van der Waals surface area contributed by atoms with Gasteiger partial charge in [0.05, 0.1) is 0 Å². The predicted octanol–water partition coefficient (Wildman–Crippen LogP) is 6.06. The minimum atomic E-state index is 1.28. The Morgan fingerprint density at radius 3 is 1.95 bits per heavy atom. The molecule has 0 unspecified atom stereocenters. The van der Waals surface area contributed by atoms with Crippen molar-refractivity contribution in [1.29, 1.82) is 0 Å². The second kappa shape index (κ2) is 4.45. The van der Waals surface area contributed by atoms with Gasteiger partial charge in [0.15, 0.2) is 0 Å². The fourth-order valence-electron chi connectivity index (χ4n) is 3.04. The molecular weight excluding hydrogens is 355 g/mol. The van der Waals surface area contributed by atoms with Gasteiger partial charge < -0.3 is 0 Å². The van der Waals surface area contributed by atoms with Gasteiger partial charge in [0.1, 0.15) is 0 Å². The smallest absolute Gasteiger partial charge is 0.0136 e. The minimum Gasteiger partial charge on any atom is -0.0616 e. The van der Waals surface area contributed by atoms with Crippen molar-refractivity contribution in [1.82, 2.24) is 0 Å². The molecule has 0 N–H and O–H groups in total. The van der Waals surface area contributed by atoms with Crippen molar-refractivity contribution >= 4 is 54.9 Å². The number of hydrogen-bond acceptors (Lipinski definition) is 0. The standard InChI is InChI=1S/C19H13I/c1-12-6-8-17-18(10-12)15-5-3-2-4-14(15)16-9-7-13(20)11-19(16)17/h2-11H,1H3. The summed E-state index contributed by atoms with van der Waals surface area (Å²) in [7, 11) is 0. The number of fused-ring (bicyclic) bond motifs is 6. The lowest BCUT2D eigenvalue weighted by Gasteiger charge is -2.11. The van der Waals surface area contributed by atoms with Gasteiger partial charge in [-0.3, -0.25) is 0 Å². The number of benzene rings is 4. The van der Waals surface area contributed by atoms with Crippen LogP contribution in [0.4, 0.5) is 0 Å². The highest BCUT2D eigenvalue weighted by Gasteiger charge is 2.08.